The molecule has 1 aliphatic rings. The molecule has 1 aromatic rings. The molecule has 0 fully saturated rings. The molecule has 0 saturated heterocycles. The second-order valence-corrected chi connectivity index (χ2v) is 5.01. The smallest absolute Gasteiger partial charge is 0.143 e. The third kappa shape index (κ3) is 1.99. The largest absolute Gasteiger partial charge is 0.495 e. The number of hydrogen-bond acceptors (Lipinski definition) is 4. The molecule has 0 radical (unpaired) electrons. The standard InChI is InChI=1S/C12H18N2OS/c1-9-8-16-11-5-3-4-10(15-2)12(11)14(9)7-6-13/h3-5,9H,6-8,13H2,1-2H3. The first-order valence-corrected chi connectivity index (χ1v) is 6.53. The molecule has 0 aromatic heterocycles. The van der Waals surface area contributed by atoms with Crippen LogP contribution >= 0.6 is 11.8 Å². The van der Waals surface area contributed by atoms with Crippen molar-refractivity contribution in [2.45, 2.75) is 17.9 Å². The van der Waals surface area contributed by atoms with Crippen LogP contribution in [0.2, 0.25) is 0 Å². The van der Waals surface area contributed by atoms with Crippen LogP contribution < -0.4 is 15.4 Å². The van der Waals surface area contributed by atoms with Gasteiger partial charge in [0.25, 0.3) is 0 Å². The Morgan fingerprint density at radius 2 is 2.38 bits per heavy atom. The minimum atomic E-state index is 0.511. The van der Waals surface area contributed by atoms with Crippen molar-refractivity contribution < 1.29 is 4.74 Å². The van der Waals surface area contributed by atoms with Gasteiger partial charge >= 0.3 is 0 Å². The number of nitrogens with two attached hydrogens (primary N) is 1. The lowest BCUT2D eigenvalue weighted by Crippen LogP contribution is -2.41. The van der Waals surface area contributed by atoms with Gasteiger partial charge < -0.3 is 15.4 Å². The van der Waals surface area contributed by atoms with Crippen LogP contribution in [0, 0.1) is 0 Å². The summed E-state index contributed by atoms with van der Waals surface area (Å²) in [5.74, 6) is 2.06. The van der Waals surface area contributed by atoms with E-state index in [0.29, 0.717) is 12.6 Å². The predicted octanol–water partition coefficient (Wildman–Crippen LogP) is 1.95. The van der Waals surface area contributed by atoms with Crippen molar-refractivity contribution in [3.63, 3.8) is 0 Å². The molecule has 1 aromatic carbocycles. The molecule has 16 heavy (non-hydrogen) atoms. The van der Waals surface area contributed by atoms with Crippen LogP contribution in [0.4, 0.5) is 5.69 Å². The number of anilines is 1. The number of hydrogen-bond donors (Lipinski definition) is 1. The number of benzene rings is 1. The van der Waals surface area contributed by atoms with Gasteiger partial charge in [0, 0.05) is 29.8 Å². The summed E-state index contributed by atoms with van der Waals surface area (Å²) in [5.41, 5.74) is 6.89. The molecular formula is C12H18N2OS. The van der Waals surface area contributed by atoms with Gasteiger partial charge in [-0.2, -0.15) is 0 Å². The molecule has 1 aliphatic heterocycles. The van der Waals surface area contributed by atoms with Gasteiger partial charge in [-0.15, -0.1) is 11.8 Å². The second kappa shape index (κ2) is 4.97. The van der Waals surface area contributed by atoms with Gasteiger partial charge in [-0.1, -0.05) is 6.07 Å². The zero-order chi connectivity index (χ0) is 11.5. The molecule has 1 heterocycles. The summed E-state index contributed by atoms with van der Waals surface area (Å²) < 4.78 is 5.44. The molecular weight excluding hydrogens is 220 g/mol. The quantitative estimate of drug-likeness (QED) is 0.873. The summed E-state index contributed by atoms with van der Waals surface area (Å²) in [4.78, 5) is 3.65. The maximum atomic E-state index is 5.68. The molecule has 1 atom stereocenters. The van der Waals surface area contributed by atoms with Crippen molar-refractivity contribution in [1.29, 1.82) is 0 Å². The fraction of sp³-hybridized carbons (Fsp3) is 0.500. The number of para-hydroxylation sites is 1. The van der Waals surface area contributed by atoms with E-state index in [-0.39, 0.29) is 0 Å². The van der Waals surface area contributed by atoms with E-state index in [1.807, 2.05) is 23.9 Å². The van der Waals surface area contributed by atoms with Gasteiger partial charge in [-0.3, -0.25) is 0 Å². The molecule has 1 unspecified atom stereocenters. The van der Waals surface area contributed by atoms with Gasteiger partial charge in [0.15, 0.2) is 0 Å². The maximum absolute atomic E-state index is 5.68. The molecule has 0 amide bonds. The van der Waals surface area contributed by atoms with Crippen molar-refractivity contribution in [2.24, 2.45) is 5.73 Å². The molecule has 2 N–H and O–H groups in total. The van der Waals surface area contributed by atoms with E-state index in [4.69, 9.17) is 10.5 Å². The van der Waals surface area contributed by atoms with Crippen molar-refractivity contribution in [3.05, 3.63) is 18.2 Å². The number of fused-ring (bicyclic) bond motifs is 1. The van der Waals surface area contributed by atoms with Gasteiger partial charge in [-0.05, 0) is 19.1 Å². The summed E-state index contributed by atoms with van der Waals surface area (Å²) in [6.07, 6.45) is 0. The molecule has 88 valence electrons. The van der Waals surface area contributed by atoms with E-state index in [9.17, 15) is 0 Å². The van der Waals surface area contributed by atoms with Gasteiger partial charge in [-0.25, -0.2) is 0 Å². The number of nitrogens with zero attached hydrogens (tertiary/aromatic N) is 1. The van der Waals surface area contributed by atoms with Gasteiger partial charge in [0.2, 0.25) is 0 Å². The molecule has 4 heteroatoms. The molecule has 3 nitrogen and oxygen atoms in total. The summed E-state index contributed by atoms with van der Waals surface area (Å²) in [5, 5.41) is 0. The van der Waals surface area contributed by atoms with Crippen LogP contribution in [0.3, 0.4) is 0 Å². The Morgan fingerprint density at radius 3 is 3.06 bits per heavy atom. The van der Waals surface area contributed by atoms with Crippen molar-refractivity contribution >= 4 is 17.4 Å². The molecule has 0 saturated carbocycles. The van der Waals surface area contributed by atoms with Gasteiger partial charge in [0.05, 0.1) is 12.8 Å². The van der Waals surface area contributed by atoms with E-state index in [1.54, 1.807) is 7.11 Å². The highest BCUT2D eigenvalue weighted by molar-refractivity contribution is 7.99. The predicted molar refractivity (Wildman–Crippen MR) is 69.6 cm³/mol. The first kappa shape index (κ1) is 11.6. The van der Waals surface area contributed by atoms with E-state index >= 15 is 0 Å². The number of thioether (sulfide) groups is 1. The van der Waals surface area contributed by atoms with Crippen molar-refractivity contribution in [2.75, 3.05) is 30.9 Å². The average Bonchev–Trinajstić information content (AvgIpc) is 2.32. The molecule has 0 aliphatic carbocycles. The lowest BCUT2D eigenvalue weighted by molar-refractivity contribution is 0.411. The Morgan fingerprint density at radius 1 is 1.56 bits per heavy atom. The van der Waals surface area contributed by atoms with Crippen LogP contribution in [0.25, 0.3) is 0 Å². The van der Waals surface area contributed by atoms with Crippen LogP contribution in [-0.2, 0) is 0 Å². The van der Waals surface area contributed by atoms with Crippen LogP contribution in [0.1, 0.15) is 6.92 Å². The van der Waals surface area contributed by atoms with Crippen molar-refractivity contribution in [3.8, 4) is 5.75 Å². The number of methoxy groups -OCH3 is 1. The first-order chi connectivity index (χ1) is 7.77. The lowest BCUT2D eigenvalue weighted by atomic mass is 10.2. The monoisotopic (exact) mass is 238 g/mol. The maximum Gasteiger partial charge on any atom is 0.143 e. The zero-order valence-corrected chi connectivity index (χ0v) is 10.6. The summed E-state index contributed by atoms with van der Waals surface area (Å²) in [6.45, 7) is 3.79. The van der Waals surface area contributed by atoms with E-state index in [2.05, 4.69) is 17.9 Å². The Balaban J connectivity index is 2.43. The minimum Gasteiger partial charge on any atom is -0.495 e. The zero-order valence-electron chi connectivity index (χ0n) is 9.77. The highest BCUT2D eigenvalue weighted by Gasteiger charge is 2.25. The summed E-state index contributed by atoms with van der Waals surface area (Å²) in [7, 11) is 1.72. The Hall–Kier alpha value is -0.870. The fourth-order valence-electron chi connectivity index (χ4n) is 2.06. The van der Waals surface area contributed by atoms with Crippen LogP contribution in [-0.4, -0.2) is 32.0 Å². The minimum absolute atomic E-state index is 0.511. The second-order valence-electron chi connectivity index (χ2n) is 3.95. The third-order valence-corrected chi connectivity index (χ3v) is 4.14. The summed E-state index contributed by atoms with van der Waals surface area (Å²) in [6, 6.07) is 6.72. The van der Waals surface area contributed by atoms with Crippen LogP contribution in [0.15, 0.2) is 23.1 Å². The Labute approximate surface area is 101 Å². The topological polar surface area (TPSA) is 38.5 Å². The van der Waals surface area contributed by atoms with E-state index in [1.165, 1.54) is 10.6 Å². The van der Waals surface area contributed by atoms with E-state index in [0.717, 1.165) is 18.0 Å². The molecule has 2 rings (SSSR count). The lowest BCUT2D eigenvalue weighted by Gasteiger charge is -2.37. The normalized spacial score (nSPS) is 19.4. The Bertz CT molecular complexity index is 356. The van der Waals surface area contributed by atoms with Gasteiger partial charge in [0.1, 0.15) is 5.75 Å². The van der Waals surface area contributed by atoms with Crippen LogP contribution in [0.5, 0.6) is 5.75 Å². The SMILES string of the molecule is COc1cccc2c1N(CCN)C(C)CS2. The average molecular weight is 238 g/mol. The number of rotatable bonds is 3. The highest BCUT2D eigenvalue weighted by Crippen LogP contribution is 2.43. The Kier molecular flexibility index (Phi) is 3.61. The molecule has 0 spiro atoms. The number of ether oxygens (including phenoxy) is 1. The fourth-order valence-corrected chi connectivity index (χ4v) is 3.19. The molecule has 0 bridgehead atoms. The van der Waals surface area contributed by atoms with Crippen molar-refractivity contribution in [1.82, 2.24) is 0 Å². The highest BCUT2D eigenvalue weighted by atomic mass is 32.2. The van der Waals surface area contributed by atoms with E-state index < -0.39 is 0 Å². The summed E-state index contributed by atoms with van der Waals surface area (Å²) >= 11 is 1.89. The third-order valence-electron chi connectivity index (χ3n) is 2.85. The first-order valence-electron chi connectivity index (χ1n) is 5.54.